The fourth-order valence-corrected chi connectivity index (χ4v) is 3.64. The molecule has 0 amide bonds. The number of carbonyl (C=O) groups is 1. The van der Waals surface area contributed by atoms with Crippen LogP contribution < -0.4 is 0 Å². The molecule has 24 heavy (non-hydrogen) atoms. The van der Waals surface area contributed by atoms with Crippen molar-refractivity contribution in [2.45, 2.75) is 38.6 Å². The Labute approximate surface area is 140 Å². The number of fused-ring (bicyclic) bond motifs is 1. The maximum absolute atomic E-state index is 11.8. The summed E-state index contributed by atoms with van der Waals surface area (Å²) in [7, 11) is 0. The number of aromatic nitrogens is 3. The quantitative estimate of drug-likeness (QED) is 0.784. The molecule has 1 aromatic carbocycles. The largest absolute Gasteiger partial charge is 0.478 e. The van der Waals surface area contributed by atoms with Gasteiger partial charge in [-0.3, -0.25) is 0 Å². The van der Waals surface area contributed by atoms with Crippen molar-refractivity contribution in [1.82, 2.24) is 14.8 Å². The van der Waals surface area contributed by atoms with Gasteiger partial charge in [-0.15, -0.1) is 0 Å². The van der Waals surface area contributed by atoms with Crippen molar-refractivity contribution in [1.29, 1.82) is 0 Å². The molecule has 122 valence electrons. The minimum atomic E-state index is -0.936. The number of nitrogens with zero attached hydrogens (tertiary/aromatic N) is 3. The predicted molar refractivity (Wildman–Crippen MR) is 92.2 cm³/mol. The van der Waals surface area contributed by atoms with Gasteiger partial charge < -0.3 is 5.11 Å². The Hall–Kier alpha value is -2.69. The molecule has 1 aliphatic carbocycles. The van der Waals surface area contributed by atoms with Crippen LogP contribution in [0.15, 0.2) is 36.4 Å². The molecule has 0 bridgehead atoms. The van der Waals surface area contributed by atoms with Crippen LogP contribution in [-0.4, -0.2) is 25.8 Å². The van der Waals surface area contributed by atoms with Crippen LogP contribution in [0.4, 0.5) is 0 Å². The maximum Gasteiger partial charge on any atom is 0.336 e. The fraction of sp³-hybridized carbons (Fsp3) is 0.316. The molecule has 5 heteroatoms. The van der Waals surface area contributed by atoms with E-state index in [1.807, 2.05) is 41.9 Å². The number of carboxylic acid groups (broad SMARTS) is 1. The first-order chi connectivity index (χ1) is 11.6. The summed E-state index contributed by atoms with van der Waals surface area (Å²) < 4.78 is 1.95. The molecule has 0 spiro atoms. The number of benzene rings is 1. The van der Waals surface area contributed by atoms with Crippen LogP contribution in [0, 0.1) is 6.92 Å². The summed E-state index contributed by atoms with van der Waals surface area (Å²) in [6.07, 6.45) is 4.54. The van der Waals surface area contributed by atoms with E-state index in [2.05, 4.69) is 5.10 Å². The van der Waals surface area contributed by atoms with Gasteiger partial charge in [-0.05, 0) is 25.8 Å². The molecule has 0 aliphatic heterocycles. The Bertz CT molecular complexity index is 909. The third kappa shape index (κ3) is 2.37. The van der Waals surface area contributed by atoms with Crippen LogP contribution in [0.3, 0.4) is 0 Å². The van der Waals surface area contributed by atoms with E-state index in [0.717, 1.165) is 24.1 Å². The number of hydrogen-bond donors (Lipinski definition) is 1. The fourth-order valence-electron chi connectivity index (χ4n) is 3.64. The Balaban J connectivity index is 1.99. The summed E-state index contributed by atoms with van der Waals surface area (Å²) >= 11 is 0. The maximum atomic E-state index is 11.8. The number of aryl methyl sites for hydroxylation is 1. The molecule has 0 radical (unpaired) electrons. The van der Waals surface area contributed by atoms with E-state index in [4.69, 9.17) is 4.98 Å². The Morgan fingerprint density at radius 1 is 1.21 bits per heavy atom. The van der Waals surface area contributed by atoms with Gasteiger partial charge in [0.05, 0.1) is 28.4 Å². The van der Waals surface area contributed by atoms with E-state index < -0.39 is 5.97 Å². The number of carboxylic acids is 1. The second kappa shape index (κ2) is 5.74. The second-order valence-corrected chi connectivity index (χ2v) is 6.39. The molecule has 0 unspecified atom stereocenters. The zero-order valence-corrected chi connectivity index (χ0v) is 13.6. The van der Waals surface area contributed by atoms with Gasteiger partial charge in [0, 0.05) is 5.56 Å². The first-order valence-electron chi connectivity index (χ1n) is 8.33. The van der Waals surface area contributed by atoms with Gasteiger partial charge >= 0.3 is 5.97 Å². The van der Waals surface area contributed by atoms with Crippen molar-refractivity contribution in [3.05, 3.63) is 47.7 Å². The Morgan fingerprint density at radius 2 is 1.92 bits per heavy atom. The molecule has 1 aliphatic rings. The lowest BCUT2D eigenvalue weighted by Crippen LogP contribution is -2.08. The summed E-state index contributed by atoms with van der Waals surface area (Å²) in [6, 6.07) is 11.7. The molecule has 2 aromatic heterocycles. The lowest BCUT2D eigenvalue weighted by Gasteiger charge is -2.12. The van der Waals surface area contributed by atoms with Gasteiger partial charge in [-0.1, -0.05) is 43.2 Å². The van der Waals surface area contributed by atoms with Gasteiger partial charge in [-0.25, -0.2) is 14.5 Å². The summed E-state index contributed by atoms with van der Waals surface area (Å²) in [5.74, 6) is -0.936. The van der Waals surface area contributed by atoms with E-state index in [-0.39, 0.29) is 5.56 Å². The summed E-state index contributed by atoms with van der Waals surface area (Å²) in [6.45, 7) is 1.87. The molecule has 3 aromatic rings. The average molecular weight is 321 g/mol. The SMILES string of the molecule is Cc1nn(C2CCCC2)c2nc(-c3ccccc3)cc(C(=O)O)c12. The zero-order chi connectivity index (χ0) is 16.7. The molecule has 4 rings (SSSR count). The number of pyridine rings is 1. The minimum absolute atomic E-state index is 0.278. The van der Waals surface area contributed by atoms with Crippen molar-refractivity contribution in [3.63, 3.8) is 0 Å². The Kier molecular flexibility index (Phi) is 3.56. The van der Waals surface area contributed by atoms with Crippen molar-refractivity contribution in [3.8, 4) is 11.3 Å². The van der Waals surface area contributed by atoms with Crippen LogP contribution in [0.2, 0.25) is 0 Å². The van der Waals surface area contributed by atoms with Crippen molar-refractivity contribution < 1.29 is 9.90 Å². The Morgan fingerprint density at radius 3 is 2.58 bits per heavy atom. The summed E-state index contributed by atoms with van der Waals surface area (Å²) in [5.41, 5.74) is 3.30. The molecule has 2 heterocycles. The van der Waals surface area contributed by atoms with Crippen LogP contribution in [0.25, 0.3) is 22.3 Å². The average Bonchev–Trinajstić information content (AvgIpc) is 3.23. The van der Waals surface area contributed by atoms with Gasteiger partial charge in [0.1, 0.15) is 0 Å². The van der Waals surface area contributed by atoms with Crippen LogP contribution in [0.5, 0.6) is 0 Å². The van der Waals surface area contributed by atoms with E-state index in [1.54, 1.807) is 6.07 Å². The molecule has 1 saturated carbocycles. The zero-order valence-electron chi connectivity index (χ0n) is 13.6. The highest BCUT2D eigenvalue weighted by atomic mass is 16.4. The number of hydrogen-bond acceptors (Lipinski definition) is 3. The molecular formula is C19H19N3O2. The molecular weight excluding hydrogens is 302 g/mol. The first-order valence-corrected chi connectivity index (χ1v) is 8.33. The molecule has 1 fully saturated rings. The summed E-state index contributed by atoms with van der Waals surface area (Å²) in [5, 5.41) is 15.0. The predicted octanol–water partition coefficient (Wildman–Crippen LogP) is 4.22. The molecule has 0 atom stereocenters. The summed E-state index contributed by atoms with van der Waals surface area (Å²) in [4.78, 5) is 16.6. The molecule has 5 nitrogen and oxygen atoms in total. The first kappa shape index (κ1) is 14.9. The highest BCUT2D eigenvalue weighted by molar-refractivity contribution is 6.04. The van der Waals surface area contributed by atoms with Gasteiger partial charge in [0.2, 0.25) is 0 Å². The number of aromatic carboxylic acids is 1. The lowest BCUT2D eigenvalue weighted by molar-refractivity contribution is 0.0699. The van der Waals surface area contributed by atoms with E-state index in [9.17, 15) is 9.90 Å². The third-order valence-corrected chi connectivity index (χ3v) is 4.81. The third-order valence-electron chi connectivity index (χ3n) is 4.81. The van der Waals surface area contributed by atoms with Crippen molar-refractivity contribution >= 4 is 17.0 Å². The highest BCUT2D eigenvalue weighted by Gasteiger charge is 2.25. The second-order valence-electron chi connectivity index (χ2n) is 6.39. The monoisotopic (exact) mass is 321 g/mol. The van der Waals surface area contributed by atoms with Crippen LogP contribution >= 0.6 is 0 Å². The number of rotatable bonds is 3. The van der Waals surface area contributed by atoms with Crippen LogP contribution in [0.1, 0.15) is 47.8 Å². The normalized spacial score (nSPS) is 15.2. The minimum Gasteiger partial charge on any atom is -0.478 e. The topological polar surface area (TPSA) is 68.0 Å². The smallest absolute Gasteiger partial charge is 0.336 e. The van der Waals surface area contributed by atoms with E-state index >= 15 is 0 Å². The van der Waals surface area contributed by atoms with Crippen LogP contribution in [-0.2, 0) is 0 Å². The standard InChI is InChI=1S/C19H19N3O2/c1-12-17-15(19(23)24)11-16(13-7-3-2-4-8-13)20-18(17)22(21-12)14-9-5-6-10-14/h2-4,7-8,11,14H,5-6,9-10H2,1H3,(H,23,24). The van der Waals surface area contributed by atoms with Gasteiger partial charge in [0.25, 0.3) is 0 Å². The van der Waals surface area contributed by atoms with Gasteiger partial charge in [-0.2, -0.15) is 5.10 Å². The van der Waals surface area contributed by atoms with Crippen molar-refractivity contribution in [2.24, 2.45) is 0 Å². The van der Waals surface area contributed by atoms with Gasteiger partial charge in [0.15, 0.2) is 5.65 Å². The highest BCUT2D eigenvalue weighted by Crippen LogP contribution is 2.34. The molecule has 1 N–H and O–H groups in total. The van der Waals surface area contributed by atoms with E-state index in [1.165, 1.54) is 12.8 Å². The lowest BCUT2D eigenvalue weighted by atomic mass is 10.1. The molecule has 0 saturated heterocycles. The van der Waals surface area contributed by atoms with Crippen molar-refractivity contribution in [2.75, 3.05) is 0 Å². The van der Waals surface area contributed by atoms with E-state index in [0.29, 0.717) is 22.8 Å².